The van der Waals surface area contributed by atoms with E-state index in [0.717, 1.165) is 80.4 Å². The summed E-state index contributed by atoms with van der Waals surface area (Å²) in [7, 11) is 0. The SMILES string of the molecule is Cc1cc(C)nc(N2CCC3(CCC(CNC(=O)c4nnsc4C4CC4)OC3)CC2)n1. The lowest BCUT2D eigenvalue weighted by Gasteiger charge is -2.45. The molecule has 1 atom stereocenters. The Morgan fingerprint density at radius 1 is 1.19 bits per heavy atom. The van der Waals surface area contributed by atoms with Gasteiger partial charge in [0.25, 0.3) is 5.91 Å². The largest absolute Gasteiger partial charge is 0.376 e. The summed E-state index contributed by atoms with van der Waals surface area (Å²) in [6.45, 7) is 7.28. The normalized spacial score (nSPS) is 23.2. The van der Waals surface area contributed by atoms with E-state index in [1.165, 1.54) is 11.5 Å². The Balaban J connectivity index is 1.10. The van der Waals surface area contributed by atoms with Gasteiger partial charge in [-0.25, -0.2) is 9.97 Å². The molecule has 2 aliphatic heterocycles. The summed E-state index contributed by atoms with van der Waals surface area (Å²) < 4.78 is 10.2. The van der Waals surface area contributed by atoms with Crippen molar-refractivity contribution in [1.82, 2.24) is 24.9 Å². The van der Waals surface area contributed by atoms with Crippen LogP contribution in [0.15, 0.2) is 6.07 Å². The molecule has 9 heteroatoms. The van der Waals surface area contributed by atoms with Gasteiger partial charge in [-0.3, -0.25) is 4.79 Å². The predicted molar refractivity (Wildman–Crippen MR) is 119 cm³/mol. The van der Waals surface area contributed by atoms with E-state index in [-0.39, 0.29) is 17.4 Å². The molecule has 1 saturated carbocycles. The molecule has 1 unspecified atom stereocenters. The van der Waals surface area contributed by atoms with Crippen molar-refractivity contribution in [1.29, 1.82) is 0 Å². The second kappa shape index (κ2) is 8.43. The molecular formula is C22H30N6O2S. The fourth-order valence-corrected chi connectivity index (χ4v) is 5.58. The van der Waals surface area contributed by atoms with Crippen molar-refractivity contribution in [2.75, 3.05) is 31.1 Å². The fraction of sp³-hybridized carbons (Fsp3) is 0.682. The number of ether oxygens (including phenoxy) is 1. The van der Waals surface area contributed by atoms with Crippen molar-refractivity contribution in [3.05, 3.63) is 28.0 Å². The van der Waals surface area contributed by atoms with Gasteiger partial charge in [-0.15, -0.1) is 5.10 Å². The number of aromatic nitrogens is 4. The number of nitrogens with zero attached hydrogens (tertiary/aromatic N) is 5. The van der Waals surface area contributed by atoms with Crippen molar-refractivity contribution >= 4 is 23.4 Å². The number of hydrogen-bond donors (Lipinski definition) is 1. The van der Waals surface area contributed by atoms with Gasteiger partial charge in [0.15, 0.2) is 5.69 Å². The molecule has 31 heavy (non-hydrogen) atoms. The lowest BCUT2D eigenvalue weighted by Crippen LogP contribution is -2.48. The minimum absolute atomic E-state index is 0.0753. The van der Waals surface area contributed by atoms with Crippen molar-refractivity contribution in [3.8, 4) is 0 Å². The van der Waals surface area contributed by atoms with Crippen LogP contribution in [0, 0.1) is 19.3 Å². The topological polar surface area (TPSA) is 93.1 Å². The Hall–Kier alpha value is -2.13. The lowest BCUT2D eigenvalue weighted by atomic mass is 9.73. The van der Waals surface area contributed by atoms with Gasteiger partial charge in [0.1, 0.15) is 0 Å². The fourth-order valence-electron chi connectivity index (χ4n) is 4.76. The number of carbonyl (C=O) groups excluding carboxylic acids is 1. The van der Waals surface area contributed by atoms with Crippen LogP contribution in [0.3, 0.4) is 0 Å². The predicted octanol–water partition coefficient (Wildman–Crippen LogP) is 3.02. The first-order chi connectivity index (χ1) is 15.0. The zero-order chi connectivity index (χ0) is 21.4. The Morgan fingerprint density at radius 2 is 1.94 bits per heavy atom. The van der Waals surface area contributed by atoms with E-state index in [1.54, 1.807) is 0 Å². The highest BCUT2D eigenvalue weighted by Gasteiger charge is 2.39. The van der Waals surface area contributed by atoms with Gasteiger partial charge >= 0.3 is 0 Å². The molecule has 166 valence electrons. The van der Waals surface area contributed by atoms with Crippen LogP contribution in [-0.4, -0.2) is 57.8 Å². The number of aryl methyl sites for hydroxylation is 2. The Kier molecular flexibility index (Phi) is 5.64. The highest BCUT2D eigenvalue weighted by atomic mass is 32.1. The molecule has 3 aliphatic rings. The standard InChI is InChI=1S/C22H30N6O2S/c1-14-11-15(2)25-21(24-14)28-9-7-22(8-10-28)6-5-17(30-13-22)12-23-20(29)18-19(16-3-4-16)31-27-26-18/h11,16-17H,3-10,12-13H2,1-2H3,(H,23,29). The van der Waals surface area contributed by atoms with Gasteiger partial charge in [0.05, 0.1) is 17.6 Å². The van der Waals surface area contributed by atoms with E-state index >= 15 is 0 Å². The first-order valence-corrected chi connectivity index (χ1v) is 12.1. The molecule has 0 bridgehead atoms. The van der Waals surface area contributed by atoms with Gasteiger partial charge < -0.3 is 15.0 Å². The number of nitrogens with one attached hydrogen (secondary N) is 1. The van der Waals surface area contributed by atoms with E-state index < -0.39 is 0 Å². The van der Waals surface area contributed by atoms with Crippen molar-refractivity contribution < 1.29 is 9.53 Å². The van der Waals surface area contributed by atoms with Crippen molar-refractivity contribution in [2.24, 2.45) is 5.41 Å². The average Bonchev–Trinajstić information content (AvgIpc) is 3.49. The maximum atomic E-state index is 12.5. The van der Waals surface area contributed by atoms with E-state index in [4.69, 9.17) is 4.74 Å². The molecule has 1 amide bonds. The second-order valence-electron chi connectivity index (χ2n) is 9.38. The molecule has 1 aliphatic carbocycles. The molecule has 0 radical (unpaired) electrons. The molecule has 4 heterocycles. The first-order valence-electron chi connectivity index (χ1n) is 11.3. The number of amides is 1. The first kappa shape index (κ1) is 20.8. The van der Waals surface area contributed by atoms with E-state index in [1.807, 2.05) is 19.9 Å². The Labute approximate surface area is 187 Å². The van der Waals surface area contributed by atoms with Crippen LogP contribution in [0.25, 0.3) is 0 Å². The highest BCUT2D eigenvalue weighted by molar-refractivity contribution is 7.06. The third kappa shape index (κ3) is 4.57. The number of carbonyl (C=O) groups is 1. The van der Waals surface area contributed by atoms with Crippen LogP contribution in [-0.2, 0) is 4.74 Å². The summed E-state index contributed by atoms with van der Waals surface area (Å²) in [5.74, 6) is 1.24. The smallest absolute Gasteiger partial charge is 0.273 e. The van der Waals surface area contributed by atoms with Gasteiger partial charge in [0, 0.05) is 31.0 Å². The zero-order valence-corrected chi connectivity index (χ0v) is 19.1. The minimum atomic E-state index is -0.110. The summed E-state index contributed by atoms with van der Waals surface area (Å²) >= 11 is 1.36. The van der Waals surface area contributed by atoms with Crippen LogP contribution in [0.5, 0.6) is 0 Å². The average molecular weight is 443 g/mol. The third-order valence-electron chi connectivity index (χ3n) is 6.87. The van der Waals surface area contributed by atoms with Gasteiger partial charge in [-0.2, -0.15) is 0 Å². The highest BCUT2D eigenvalue weighted by Crippen LogP contribution is 2.43. The Morgan fingerprint density at radius 3 is 2.58 bits per heavy atom. The maximum absolute atomic E-state index is 12.5. The van der Waals surface area contributed by atoms with Crippen LogP contribution in [0.4, 0.5) is 5.95 Å². The third-order valence-corrected chi connectivity index (χ3v) is 7.75. The van der Waals surface area contributed by atoms with Gasteiger partial charge in [-0.05, 0) is 81.3 Å². The molecule has 1 spiro atoms. The van der Waals surface area contributed by atoms with E-state index in [2.05, 4.69) is 29.8 Å². The molecule has 2 saturated heterocycles. The van der Waals surface area contributed by atoms with Crippen LogP contribution < -0.4 is 10.2 Å². The van der Waals surface area contributed by atoms with E-state index in [9.17, 15) is 4.79 Å². The summed E-state index contributed by atoms with van der Waals surface area (Å²) in [6.07, 6.45) is 6.67. The quantitative estimate of drug-likeness (QED) is 0.761. The summed E-state index contributed by atoms with van der Waals surface area (Å²) in [5.41, 5.74) is 2.80. The molecular weight excluding hydrogens is 412 g/mol. The molecule has 5 rings (SSSR count). The monoisotopic (exact) mass is 442 g/mol. The number of anilines is 1. The van der Waals surface area contributed by atoms with Gasteiger partial charge in [0.2, 0.25) is 5.95 Å². The molecule has 8 nitrogen and oxygen atoms in total. The Bertz CT molecular complexity index is 921. The lowest BCUT2D eigenvalue weighted by molar-refractivity contribution is -0.0700. The summed E-state index contributed by atoms with van der Waals surface area (Å²) in [5, 5.41) is 7.08. The molecule has 1 N–H and O–H groups in total. The molecule has 0 aromatic carbocycles. The van der Waals surface area contributed by atoms with Crippen LogP contribution in [0.1, 0.15) is 71.2 Å². The minimum Gasteiger partial charge on any atom is -0.376 e. The summed E-state index contributed by atoms with van der Waals surface area (Å²) in [6, 6.07) is 2.01. The zero-order valence-electron chi connectivity index (χ0n) is 18.3. The van der Waals surface area contributed by atoms with E-state index in [0.29, 0.717) is 18.2 Å². The molecule has 3 fully saturated rings. The second-order valence-corrected chi connectivity index (χ2v) is 10.2. The van der Waals surface area contributed by atoms with Crippen LogP contribution >= 0.6 is 11.5 Å². The number of piperidine rings is 1. The van der Waals surface area contributed by atoms with Crippen molar-refractivity contribution in [3.63, 3.8) is 0 Å². The number of hydrogen-bond acceptors (Lipinski definition) is 8. The van der Waals surface area contributed by atoms with Crippen LogP contribution in [0.2, 0.25) is 0 Å². The maximum Gasteiger partial charge on any atom is 0.273 e. The van der Waals surface area contributed by atoms with Gasteiger partial charge in [-0.1, -0.05) is 4.49 Å². The van der Waals surface area contributed by atoms with Crippen molar-refractivity contribution in [2.45, 2.75) is 64.4 Å². The molecule has 2 aromatic rings. The summed E-state index contributed by atoms with van der Waals surface area (Å²) in [4.78, 5) is 25.1. The molecule has 2 aromatic heterocycles. The number of rotatable bonds is 5.